The van der Waals surface area contributed by atoms with Crippen molar-refractivity contribution >= 4 is 11.9 Å². The Balaban J connectivity index is 0.000000642. The van der Waals surface area contributed by atoms with Crippen LogP contribution in [0.15, 0.2) is 24.3 Å². The maximum atomic E-state index is 11.1. The first-order valence-electron chi connectivity index (χ1n) is 11.2. The van der Waals surface area contributed by atoms with Crippen LogP contribution in [0, 0.1) is 0 Å². The summed E-state index contributed by atoms with van der Waals surface area (Å²) >= 11 is 0. The number of benzene rings is 2. The van der Waals surface area contributed by atoms with E-state index in [0.717, 1.165) is 11.1 Å². The molecule has 0 bridgehead atoms. The van der Waals surface area contributed by atoms with Crippen molar-refractivity contribution in [1.82, 2.24) is 0 Å². The molecule has 0 aliphatic rings. The summed E-state index contributed by atoms with van der Waals surface area (Å²) in [7, 11) is 0. The quantitative estimate of drug-likeness (QED) is 0.162. The van der Waals surface area contributed by atoms with Gasteiger partial charge in [0.1, 0.15) is 11.1 Å². The fourth-order valence-corrected chi connectivity index (χ4v) is 3.39. The molecule has 198 valence electrons. The third kappa shape index (κ3) is 8.23. The zero-order valence-corrected chi connectivity index (χ0v) is 22.3. The van der Waals surface area contributed by atoms with Gasteiger partial charge in [-0.25, -0.2) is 20.1 Å². The summed E-state index contributed by atoms with van der Waals surface area (Å²) in [5.41, 5.74) is 3.26. The number of carbonyl (C=O) groups is 2. The van der Waals surface area contributed by atoms with Crippen molar-refractivity contribution < 1.29 is 56.6 Å². The van der Waals surface area contributed by atoms with Crippen LogP contribution in [0.2, 0.25) is 0 Å². The van der Waals surface area contributed by atoms with E-state index in [1.807, 2.05) is 67.5 Å². The van der Waals surface area contributed by atoms with Gasteiger partial charge < -0.3 is 20.0 Å². The van der Waals surface area contributed by atoms with Crippen LogP contribution in [0.25, 0.3) is 0 Å². The summed E-state index contributed by atoms with van der Waals surface area (Å²) in [6, 6.07) is 6.86. The SMILES string of the molecule is CC(C)c1cc(C(=O)O)c(OO)c(C(C)C)c1.CC(C)c1cc(C(=O)O)c(OO)c(C(C)C)c1.[Ni]. The average Bonchev–Trinajstić information content (AvgIpc) is 2.76. The van der Waals surface area contributed by atoms with Gasteiger partial charge in [0.2, 0.25) is 0 Å². The molecule has 0 radical (unpaired) electrons. The van der Waals surface area contributed by atoms with Crippen LogP contribution in [0.5, 0.6) is 11.5 Å². The summed E-state index contributed by atoms with van der Waals surface area (Å²) in [6.07, 6.45) is 0. The van der Waals surface area contributed by atoms with Gasteiger partial charge in [-0.15, -0.1) is 0 Å². The predicted molar refractivity (Wildman–Crippen MR) is 130 cm³/mol. The molecule has 0 fully saturated rings. The molecule has 4 N–H and O–H groups in total. The maximum Gasteiger partial charge on any atom is 0.339 e. The van der Waals surface area contributed by atoms with Gasteiger partial charge in [-0.1, -0.05) is 67.5 Å². The summed E-state index contributed by atoms with van der Waals surface area (Å²) in [5, 5.41) is 36.0. The molecule has 35 heavy (non-hydrogen) atoms. The Morgan fingerprint density at radius 3 is 1.06 bits per heavy atom. The normalized spacial score (nSPS) is 10.7. The zero-order chi connectivity index (χ0) is 26.3. The fourth-order valence-electron chi connectivity index (χ4n) is 3.39. The summed E-state index contributed by atoms with van der Waals surface area (Å²) < 4.78 is 0. The molecule has 0 heterocycles. The van der Waals surface area contributed by atoms with E-state index in [-0.39, 0.29) is 62.8 Å². The second-order valence-corrected chi connectivity index (χ2v) is 9.39. The van der Waals surface area contributed by atoms with Crippen molar-refractivity contribution in [2.45, 2.75) is 79.1 Å². The fraction of sp³-hybridized carbons (Fsp3) is 0.462. The van der Waals surface area contributed by atoms with Crippen LogP contribution in [0.1, 0.15) is 122 Å². The summed E-state index contributed by atoms with van der Waals surface area (Å²) in [6.45, 7) is 15.7. The molecule has 0 amide bonds. The number of aromatic carboxylic acids is 2. The second-order valence-electron chi connectivity index (χ2n) is 9.39. The number of carboxylic acid groups (broad SMARTS) is 2. The topological polar surface area (TPSA) is 134 Å². The molecule has 0 aliphatic carbocycles. The Bertz CT molecular complexity index is 931. The third-order valence-electron chi connectivity index (χ3n) is 5.50. The number of hydrogen-bond acceptors (Lipinski definition) is 6. The molecule has 0 atom stereocenters. The van der Waals surface area contributed by atoms with E-state index in [2.05, 4.69) is 9.78 Å². The minimum Gasteiger partial charge on any atom is -0.478 e. The molecule has 9 heteroatoms. The number of hydrogen-bond donors (Lipinski definition) is 4. The van der Waals surface area contributed by atoms with Crippen LogP contribution >= 0.6 is 0 Å². The van der Waals surface area contributed by atoms with Gasteiger partial charge >= 0.3 is 11.9 Å². The minimum atomic E-state index is -1.10. The molecular formula is C26H36NiO8. The first-order chi connectivity index (χ1) is 15.8. The zero-order valence-electron chi connectivity index (χ0n) is 21.4. The largest absolute Gasteiger partial charge is 0.478 e. The second kappa shape index (κ2) is 14.1. The van der Waals surface area contributed by atoms with Crippen molar-refractivity contribution in [2.24, 2.45) is 0 Å². The molecular weight excluding hydrogens is 499 g/mol. The van der Waals surface area contributed by atoms with Crippen LogP contribution < -0.4 is 9.78 Å². The van der Waals surface area contributed by atoms with Crippen LogP contribution in [-0.4, -0.2) is 32.7 Å². The molecule has 0 saturated carbocycles. The number of carboxylic acids is 2. The van der Waals surface area contributed by atoms with Crippen molar-refractivity contribution in [3.63, 3.8) is 0 Å². The molecule has 2 aromatic rings. The van der Waals surface area contributed by atoms with Crippen LogP contribution in [0.4, 0.5) is 0 Å². The van der Waals surface area contributed by atoms with Gasteiger partial charge in [0, 0.05) is 27.6 Å². The predicted octanol–water partition coefficient (Wildman–Crippen LogP) is 6.96. The molecule has 0 aromatic heterocycles. The van der Waals surface area contributed by atoms with Gasteiger partial charge in [-0.2, -0.15) is 0 Å². The molecule has 2 rings (SSSR count). The first-order valence-corrected chi connectivity index (χ1v) is 11.2. The Kier molecular flexibility index (Phi) is 13.0. The molecule has 0 spiro atoms. The van der Waals surface area contributed by atoms with E-state index >= 15 is 0 Å². The summed E-state index contributed by atoms with van der Waals surface area (Å²) in [5.74, 6) is -1.52. The Hall–Kier alpha value is -2.61. The van der Waals surface area contributed by atoms with Gasteiger partial charge in [-0.05, 0) is 46.9 Å². The van der Waals surface area contributed by atoms with Crippen molar-refractivity contribution in [2.75, 3.05) is 0 Å². The van der Waals surface area contributed by atoms with Gasteiger partial charge in [0.15, 0.2) is 11.5 Å². The molecule has 0 saturated heterocycles. The van der Waals surface area contributed by atoms with E-state index in [4.69, 9.17) is 20.7 Å². The average molecular weight is 535 g/mol. The van der Waals surface area contributed by atoms with E-state index < -0.39 is 11.9 Å². The van der Waals surface area contributed by atoms with Gasteiger partial charge in [0.25, 0.3) is 0 Å². The minimum absolute atomic E-state index is 0. The van der Waals surface area contributed by atoms with Crippen molar-refractivity contribution in [1.29, 1.82) is 0 Å². The Morgan fingerprint density at radius 1 is 0.600 bits per heavy atom. The van der Waals surface area contributed by atoms with Crippen molar-refractivity contribution in [3.8, 4) is 11.5 Å². The third-order valence-corrected chi connectivity index (χ3v) is 5.50. The monoisotopic (exact) mass is 534 g/mol. The van der Waals surface area contributed by atoms with E-state index in [1.54, 1.807) is 12.1 Å². The maximum absolute atomic E-state index is 11.1. The molecule has 2 aromatic carbocycles. The molecule has 0 aliphatic heterocycles. The number of rotatable bonds is 8. The van der Waals surface area contributed by atoms with Gasteiger partial charge in [-0.3, -0.25) is 0 Å². The first kappa shape index (κ1) is 32.4. The standard InChI is InChI=1S/2C13H18O4.Ni/c2*1-7(2)9-5-10(8(3)4)12(17-16)11(6-9)13(14)15;/h2*5-8,16H,1-4H3,(H,14,15);. The summed E-state index contributed by atoms with van der Waals surface area (Å²) in [4.78, 5) is 30.8. The van der Waals surface area contributed by atoms with E-state index in [1.165, 1.54) is 0 Å². The van der Waals surface area contributed by atoms with E-state index in [0.29, 0.717) is 11.1 Å². The molecule has 8 nitrogen and oxygen atoms in total. The molecule has 0 unspecified atom stereocenters. The van der Waals surface area contributed by atoms with Crippen LogP contribution in [0.3, 0.4) is 0 Å². The smallest absolute Gasteiger partial charge is 0.339 e. The van der Waals surface area contributed by atoms with Crippen molar-refractivity contribution in [3.05, 3.63) is 57.6 Å². The van der Waals surface area contributed by atoms with Crippen LogP contribution in [-0.2, 0) is 16.5 Å². The Morgan fingerprint density at radius 2 is 0.886 bits per heavy atom. The van der Waals surface area contributed by atoms with Gasteiger partial charge in [0.05, 0.1) is 0 Å². The Labute approximate surface area is 216 Å². The van der Waals surface area contributed by atoms with E-state index in [9.17, 15) is 9.59 Å².